The predicted octanol–water partition coefficient (Wildman–Crippen LogP) is 3.91. The number of nitro benzene ring substituents is 1. The quantitative estimate of drug-likeness (QED) is 0.426. The number of hydrogen-bond donors (Lipinski definition) is 0. The first-order chi connectivity index (χ1) is 12.9. The molecule has 0 saturated carbocycles. The van der Waals surface area contributed by atoms with Crippen LogP contribution in [0.15, 0.2) is 53.6 Å². The monoisotopic (exact) mass is 386 g/mol. The molecule has 0 spiro atoms. The number of nitrogens with zero attached hydrogens (tertiary/aromatic N) is 2. The van der Waals surface area contributed by atoms with E-state index < -0.39 is 16.7 Å². The lowest BCUT2D eigenvalue weighted by Crippen LogP contribution is -2.31. The zero-order chi connectivity index (χ0) is 19.6. The molecular weight excluding hydrogens is 372 g/mol. The van der Waals surface area contributed by atoms with Crippen molar-refractivity contribution in [2.75, 3.05) is 11.5 Å². The number of rotatable bonds is 6. The summed E-state index contributed by atoms with van der Waals surface area (Å²) in [6.07, 6.45) is 0.823. The van der Waals surface area contributed by atoms with Crippen LogP contribution in [0.3, 0.4) is 0 Å². The van der Waals surface area contributed by atoms with Gasteiger partial charge in [-0.1, -0.05) is 24.6 Å². The van der Waals surface area contributed by atoms with Crippen LogP contribution in [-0.2, 0) is 9.59 Å². The van der Waals surface area contributed by atoms with Crippen molar-refractivity contribution in [1.29, 1.82) is 0 Å². The van der Waals surface area contributed by atoms with Gasteiger partial charge in [0.15, 0.2) is 0 Å². The molecular formula is C19H15ClN2O5. The second-order valence-electron chi connectivity index (χ2n) is 5.78. The maximum atomic E-state index is 12.9. The van der Waals surface area contributed by atoms with Crippen molar-refractivity contribution >= 4 is 40.4 Å². The molecule has 0 unspecified atom stereocenters. The minimum atomic E-state index is -0.650. The van der Waals surface area contributed by atoms with Gasteiger partial charge in [0.05, 0.1) is 22.8 Å². The van der Waals surface area contributed by atoms with Crippen LogP contribution >= 0.6 is 11.6 Å². The molecule has 2 aromatic carbocycles. The number of benzene rings is 2. The summed E-state index contributed by atoms with van der Waals surface area (Å²) < 4.78 is 5.54. The van der Waals surface area contributed by atoms with Crippen molar-refractivity contribution in [1.82, 2.24) is 0 Å². The Bertz CT molecular complexity index is 953. The fourth-order valence-corrected chi connectivity index (χ4v) is 2.94. The van der Waals surface area contributed by atoms with E-state index in [1.54, 1.807) is 24.3 Å². The van der Waals surface area contributed by atoms with E-state index in [1.165, 1.54) is 24.3 Å². The molecule has 1 heterocycles. The third kappa shape index (κ3) is 3.54. The normalized spacial score (nSPS) is 14.1. The Kier molecular flexibility index (Phi) is 5.23. The minimum Gasteiger partial charge on any atom is -0.494 e. The number of anilines is 1. The molecule has 2 amide bonds. The molecule has 27 heavy (non-hydrogen) atoms. The zero-order valence-electron chi connectivity index (χ0n) is 14.3. The maximum Gasteiger partial charge on any atom is 0.277 e. The van der Waals surface area contributed by atoms with Gasteiger partial charge in [-0.3, -0.25) is 19.7 Å². The average Bonchev–Trinajstić information content (AvgIpc) is 2.89. The van der Waals surface area contributed by atoms with Crippen molar-refractivity contribution in [3.05, 3.63) is 69.2 Å². The Morgan fingerprint density at radius 2 is 1.81 bits per heavy atom. The van der Waals surface area contributed by atoms with Gasteiger partial charge in [0.25, 0.3) is 17.5 Å². The molecule has 0 radical (unpaired) electrons. The molecule has 1 aliphatic rings. The molecule has 0 bridgehead atoms. The standard InChI is InChI=1S/C19H15ClN2O5/c1-2-10-27-15-5-3-4-14(11-15)21-18(23)16(17(20)19(21)24)12-6-8-13(9-7-12)22(25)26/h3-9,11H,2,10H2,1H3. The van der Waals surface area contributed by atoms with E-state index in [0.29, 0.717) is 23.6 Å². The zero-order valence-corrected chi connectivity index (χ0v) is 15.1. The molecule has 0 fully saturated rings. The van der Waals surface area contributed by atoms with E-state index in [-0.39, 0.29) is 16.3 Å². The van der Waals surface area contributed by atoms with Crippen molar-refractivity contribution in [2.24, 2.45) is 0 Å². The van der Waals surface area contributed by atoms with Gasteiger partial charge in [0, 0.05) is 18.2 Å². The van der Waals surface area contributed by atoms with Gasteiger partial charge in [-0.05, 0) is 36.2 Å². The largest absolute Gasteiger partial charge is 0.494 e. The highest BCUT2D eigenvalue weighted by Crippen LogP contribution is 2.36. The lowest BCUT2D eigenvalue weighted by atomic mass is 10.1. The highest BCUT2D eigenvalue weighted by molar-refractivity contribution is 6.60. The first kappa shape index (κ1) is 18.6. The predicted molar refractivity (Wildman–Crippen MR) is 101 cm³/mol. The molecule has 1 aliphatic heterocycles. The number of carbonyl (C=O) groups excluding carboxylic acids is 2. The third-order valence-corrected chi connectivity index (χ3v) is 4.29. The first-order valence-electron chi connectivity index (χ1n) is 8.20. The van der Waals surface area contributed by atoms with Crippen molar-refractivity contribution in [3.8, 4) is 5.75 Å². The number of nitro groups is 1. The van der Waals surface area contributed by atoms with Crippen molar-refractivity contribution in [2.45, 2.75) is 13.3 Å². The fraction of sp³-hybridized carbons (Fsp3) is 0.158. The van der Waals surface area contributed by atoms with Gasteiger partial charge in [0.2, 0.25) is 0 Å². The summed E-state index contributed by atoms with van der Waals surface area (Å²) >= 11 is 6.13. The number of hydrogen-bond acceptors (Lipinski definition) is 5. The van der Waals surface area contributed by atoms with Crippen LogP contribution in [0.4, 0.5) is 11.4 Å². The number of imide groups is 1. The number of halogens is 1. The van der Waals surface area contributed by atoms with Gasteiger partial charge >= 0.3 is 0 Å². The molecule has 0 N–H and O–H groups in total. The topological polar surface area (TPSA) is 89.8 Å². The lowest BCUT2D eigenvalue weighted by Gasteiger charge is -2.16. The Hall–Kier alpha value is -3.19. The molecule has 2 aromatic rings. The lowest BCUT2D eigenvalue weighted by molar-refractivity contribution is -0.384. The number of carbonyl (C=O) groups is 2. The summed E-state index contributed by atoms with van der Waals surface area (Å²) in [4.78, 5) is 36.6. The molecule has 0 atom stereocenters. The maximum absolute atomic E-state index is 12.9. The second-order valence-corrected chi connectivity index (χ2v) is 6.16. The Labute approximate surface area is 160 Å². The van der Waals surface area contributed by atoms with Gasteiger partial charge in [-0.25, -0.2) is 4.90 Å². The van der Waals surface area contributed by atoms with Crippen LogP contribution < -0.4 is 9.64 Å². The van der Waals surface area contributed by atoms with E-state index in [0.717, 1.165) is 11.3 Å². The van der Waals surface area contributed by atoms with Crippen LogP contribution in [0.1, 0.15) is 18.9 Å². The highest BCUT2D eigenvalue weighted by Gasteiger charge is 2.39. The second kappa shape index (κ2) is 7.59. The first-order valence-corrected chi connectivity index (χ1v) is 8.58. The minimum absolute atomic E-state index is 0.0106. The van der Waals surface area contributed by atoms with E-state index in [9.17, 15) is 19.7 Å². The molecule has 0 aromatic heterocycles. The summed E-state index contributed by atoms with van der Waals surface area (Å²) in [7, 11) is 0. The molecule has 0 aliphatic carbocycles. The van der Waals surface area contributed by atoms with Gasteiger partial charge in [-0.2, -0.15) is 0 Å². The Balaban J connectivity index is 1.93. The van der Waals surface area contributed by atoms with Crippen LogP contribution in [0.2, 0.25) is 0 Å². The highest BCUT2D eigenvalue weighted by atomic mass is 35.5. The molecule has 0 saturated heterocycles. The van der Waals surface area contributed by atoms with Crippen molar-refractivity contribution in [3.63, 3.8) is 0 Å². The molecule has 138 valence electrons. The fourth-order valence-electron chi connectivity index (χ4n) is 2.67. The number of ether oxygens (including phenoxy) is 1. The van der Waals surface area contributed by atoms with Crippen LogP contribution in [-0.4, -0.2) is 23.3 Å². The van der Waals surface area contributed by atoms with E-state index in [2.05, 4.69) is 0 Å². The van der Waals surface area contributed by atoms with Crippen molar-refractivity contribution < 1.29 is 19.2 Å². The van der Waals surface area contributed by atoms with Crippen LogP contribution in [0, 0.1) is 10.1 Å². The molecule has 7 nitrogen and oxygen atoms in total. The smallest absolute Gasteiger partial charge is 0.277 e. The van der Waals surface area contributed by atoms with Gasteiger partial charge < -0.3 is 4.74 Å². The Morgan fingerprint density at radius 3 is 2.44 bits per heavy atom. The molecule has 8 heteroatoms. The summed E-state index contributed by atoms with van der Waals surface area (Å²) in [5, 5.41) is 10.6. The number of non-ortho nitro benzene ring substituents is 1. The van der Waals surface area contributed by atoms with Gasteiger partial charge in [-0.15, -0.1) is 0 Å². The molecule has 3 rings (SSSR count). The van der Waals surface area contributed by atoms with E-state index in [4.69, 9.17) is 16.3 Å². The summed E-state index contributed by atoms with van der Waals surface area (Å²) in [5.41, 5.74) is 0.569. The average molecular weight is 387 g/mol. The van der Waals surface area contributed by atoms with E-state index in [1.807, 2.05) is 6.92 Å². The number of amides is 2. The summed E-state index contributed by atoms with van der Waals surface area (Å²) in [6, 6.07) is 11.9. The SMILES string of the molecule is CCCOc1cccc(N2C(=O)C(Cl)=C(c3ccc([N+](=O)[O-])cc3)C2=O)c1. The summed E-state index contributed by atoms with van der Waals surface area (Å²) in [5.74, 6) is -0.705. The summed E-state index contributed by atoms with van der Waals surface area (Å²) in [6.45, 7) is 2.48. The third-order valence-electron chi connectivity index (χ3n) is 3.94. The van der Waals surface area contributed by atoms with Gasteiger partial charge in [0.1, 0.15) is 10.8 Å². The van der Waals surface area contributed by atoms with Crippen LogP contribution in [0.5, 0.6) is 5.75 Å². The van der Waals surface area contributed by atoms with Crippen LogP contribution in [0.25, 0.3) is 5.57 Å². The van der Waals surface area contributed by atoms with E-state index >= 15 is 0 Å². The Morgan fingerprint density at radius 1 is 1.11 bits per heavy atom.